The van der Waals surface area contributed by atoms with Crippen LogP contribution in [0.2, 0.25) is 0 Å². The first-order chi connectivity index (χ1) is 11.7. The van der Waals surface area contributed by atoms with Gasteiger partial charge in [-0.25, -0.2) is 17.9 Å². The van der Waals surface area contributed by atoms with Crippen LogP contribution in [0.15, 0.2) is 33.6 Å². The maximum atomic E-state index is 12.5. The second-order valence-electron chi connectivity index (χ2n) is 5.43. The van der Waals surface area contributed by atoms with Crippen LogP contribution in [-0.2, 0) is 14.8 Å². The van der Waals surface area contributed by atoms with Crippen LogP contribution in [0.5, 0.6) is 0 Å². The highest BCUT2D eigenvalue weighted by atomic mass is 32.2. The molecule has 0 fully saturated rings. The number of sulfonamides is 1. The first-order valence-electron chi connectivity index (χ1n) is 7.58. The van der Waals surface area contributed by atoms with Gasteiger partial charge in [0.1, 0.15) is 11.3 Å². The molecule has 1 aromatic carbocycles. The van der Waals surface area contributed by atoms with Crippen molar-refractivity contribution in [1.29, 1.82) is 0 Å². The lowest BCUT2D eigenvalue weighted by molar-refractivity contribution is 0.0524. The Morgan fingerprint density at radius 2 is 1.72 bits per heavy atom. The van der Waals surface area contributed by atoms with Gasteiger partial charge < -0.3 is 9.15 Å². The van der Waals surface area contributed by atoms with Gasteiger partial charge in [-0.15, -0.1) is 0 Å². The Balaban J connectivity index is 2.52. The summed E-state index contributed by atoms with van der Waals surface area (Å²) in [7, 11) is -3.99. The Hall–Kier alpha value is -2.61. The van der Waals surface area contributed by atoms with Crippen LogP contribution in [0.1, 0.15) is 45.9 Å². The van der Waals surface area contributed by atoms with Gasteiger partial charge in [0.05, 0.1) is 17.1 Å². The van der Waals surface area contributed by atoms with E-state index < -0.39 is 21.8 Å². The third kappa shape index (κ3) is 3.90. The van der Waals surface area contributed by atoms with E-state index in [1.54, 1.807) is 19.1 Å². The van der Waals surface area contributed by atoms with E-state index in [9.17, 15) is 18.0 Å². The largest absolute Gasteiger partial charge is 0.462 e. The molecule has 1 N–H and O–H groups in total. The third-order valence-corrected chi connectivity index (χ3v) is 4.82. The second-order valence-corrected chi connectivity index (χ2v) is 7.11. The maximum Gasteiger partial charge on any atom is 0.344 e. The number of carbonyl (C=O) groups excluding carboxylic acids is 2. The van der Waals surface area contributed by atoms with Crippen LogP contribution >= 0.6 is 0 Å². The molecule has 0 amide bonds. The molecular weight excluding hydrogens is 346 g/mol. The summed E-state index contributed by atoms with van der Waals surface area (Å²) in [6, 6.07) is 6.16. The van der Waals surface area contributed by atoms with Gasteiger partial charge >= 0.3 is 5.97 Å². The van der Waals surface area contributed by atoms with Crippen molar-refractivity contribution in [1.82, 2.24) is 0 Å². The first kappa shape index (κ1) is 18.7. The van der Waals surface area contributed by atoms with Gasteiger partial charge in [-0.3, -0.25) is 4.79 Å². The van der Waals surface area contributed by atoms with E-state index in [0.717, 1.165) is 5.56 Å². The molecule has 2 aromatic rings. The molecule has 0 radical (unpaired) electrons. The highest BCUT2D eigenvalue weighted by Gasteiger charge is 2.30. The maximum absolute atomic E-state index is 12.5. The molecule has 8 heteroatoms. The van der Waals surface area contributed by atoms with Crippen molar-refractivity contribution in [2.45, 2.75) is 32.6 Å². The molecule has 0 aliphatic rings. The summed E-state index contributed by atoms with van der Waals surface area (Å²) in [6.07, 6.45) is 0. The standard InChI is InChI=1S/C17H19NO6S/c1-5-23-17(20)15-14(11(3)19)12(4)24-16(15)18-25(21,22)13-8-6-10(2)7-9-13/h6-9,18H,5H2,1-4H3. The van der Waals surface area contributed by atoms with Crippen LogP contribution in [0.4, 0.5) is 5.88 Å². The smallest absolute Gasteiger partial charge is 0.344 e. The van der Waals surface area contributed by atoms with Gasteiger partial charge in [0.2, 0.25) is 5.88 Å². The number of hydrogen-bond acceptors (Lipinski definition) is 6. The zero-order valence-corrected chi connectivity index (χ0v) is 15.2. The molecule has 0 unspecified atom stereocenters. The Morgan fingerprint density at radius 1 is 1.12 bits per heavy atom. The van der Waals surface area contributed by atoms with Crippen molar-refractivity contribution >= 4 is 27.7 Å². The van der Waals surface area contributed by atoms with Gasteiger partial charge in [0, 0.05) is 0 Å². The van der Waals surface area contributed by atoms with Crippen molar-refractivity contribution in [2.24, 2.45) is 0 Å². The lowest BCUT2D eigenvalue weighted by atomic mass is 10.1. The van der Waals surface area contributed by atoms with E-state index in [-0.39, 0.29) is 34.3 Å². The number of esters is 1. The SMILES string of the molecule is CCOC(=O)c1c(NS(=O)(=O)c2ccc(C)cc2)oc(C)c1C(C)=O. The summed E-state index contributed by atoms with van der Waals surface area (Å²) in [5.74, 6) is -1.45. The predicted molar refractivity (Wildman–Crippen MR) is 91.4 cm³/mol. The van der Waals surface area contributed by atoms with Crippen LogP contribution in [0.3, 0.4) is 0 Å². The minimum absolute atomic E-state index is 0.0000520. The van der Waals surface area contributed by atoms with E-state index in [2.05, 4.69) is 4.72 Å². The lowest BCUT2D eigenvalue weighted by Gasteiger charge is -2.08. The van der Waals surface area contributed by atoms with E-state index in [1.165, 1.54) is 26.0 Å². The number of aryl methyl sites for hydroxylation is 2. The van der Waals surface area contributed by atoms with E-state index in [0.29, 0.717) is 0 Å². The fraction of sp³-hybridized carbons (Fsp3) is 0.294. The summed E-state index contributed by atoms with van der Waals surface area (Å²) in [6.45, 7) is 6.25. The number of furan rings is 1. The summed E-state index contributed by atoms with van der Waals surface area (Å²) in [4.78, 5) is 24.0. The highest BCUT2D eigenvalue weighted by Crippen LogP contribution is 2.30. The Labute approximate surface area is 146 Å². The Bertz CT molecular complexity index is 909. The molecule has 134 valence electrons. The molecule has 0 saturated carbocycles. The van der Waals surface area contributed by atoms with E-state index in [4.69, 9.17) is 9.15 Å². The van der Waals surface area contributed by atoms with Gasteiger partial charge in [-0.2, -0.15) is 0 Å². The third-order valence-electron chi connectivity index (χ3n) is 3.47. The molecule has 1 aromatic heterocycles. The quantitative estimate of drug-likeness (QED) is 0.623. The minimum Gasteiger partial charge on any atom is -0.462 e. The summed E-state index contributed by atoms with van der Waals surface area (Å²) in [5.41, 5.74) is 0.682. The number of rotatable bonds is 6. The van der Waals surface area contributed by atoms with E-state index in [1.807, 2.05) is 6.92 Å². The molecule has 7 nitrogen and oxygen atoms in total. The summed E-state index contributed by atoms with van der Waals surface area (Å²) < 4.78 is 37.6. The van der Waals surface area contributed by atoms with E-state index >= 15 is 0 Å². The topological polar surface area (TPSA) is 103 Å². The number of nitrogens with one attached hydrogen (secondary N) is 1. The molecule has 0 bridgehead atoms. The first-order valence-corrected chi connectivity index (χ1v) is 9.06. The van der Waals surface area contributed by atoms with Crippen LogP contribution in [0.25, 0.3) is 0 Å². The predicted octanol–water partition coefficient (Wildman–Crippen LogP) is 3.08. The Morgan fingerprint density at radius 3 is 2.24 bits per heavy atom. The van der Waals surface area contributed by atoms with Crippen molar-refractivity contribution in [3.05, 3.63) is 46.7 Å². The number of ketones is 1. The van der Waals surface area contributed by atoms with Crippen molar-refractivity contribution < 1.29 is 27.2 Å². The fourth-order valence-electron chi connectivity index (χ4n) is 2.34. The number of anilines is 1. The van der Waals surface area contributed by atoms with Crippen LogP contribution in [-0.4, -0.2) is 26.8 Å². The minimum atomic E-state index is -3.99. The summed E-state index contributed by atoms with van der Waals surface area (Å²) >= 11 is 0. The van der Waals surface area contributed by atoms with Gasteiger partial charge in [-0.05, 0) is 39.8 Å². The second kappa shape index (κ2) is 7.10. The number of benzene rings is 1. The summed E-state index contributed by atoms with van der Waals surface area (Å²) in [5, 5.41) is 0. The van der Waals surface area contributed by atoms with Gasteiger partial charge in [0.15, 0.2) is 5.78 Å². The van der Waals surface area contributed by atoms with Crippen LogP contribution in [0, 0.1) is 13.8 Å². The van der Waals surface area contributed by atoms with Crippen molar-refractivity contribution in [2.75, 3.05) is 11.3 Å². The molecule has 0 atom stereocenters. The molecular formula is C17H19NO6S. The molecule has 25 heavy (non-hydrogen) atoms. The fourth-order valence-corrected chi connectivity index (χ4v) is 3.34. The number of ether oxygens (including phenoxy) is 1. The molecule has 0 aliphatic heterocycles. The highest BCUT2D eigenvalue weighted by molar-refractivity contribution is 7.92. The lowest BCUT2D eigenvalue weighted by Crippen LogP contribution is -2.16. The Kier molecular flexibility index (Phi) is 5.32. The average molecular weight is 365 g/mol. The number of Topliss-reactive ketones (excluding diaryl/α,β-unsaturated/α-hetero) is 1. The molecule has 0 saturated heterocycles. The zero-order chi connectivity index (χ0) is 18.8. The average Bonchev–Trinajstić information content (AvgIpc) is 2.83. The monoisotopic (exact) mass is 365 g/mol. The molecule has 1 heterocycles. The van der Waals surface area contributed by atoms with Crippen molar-refractivity contribution in [3.8, 4) is 0 Å². The number of hydrogen-bond donors (Lipinski definition) is 1. The van der Waals surface area contributed by atoms with Crippen LogP contribution < -0.4 is 4.72 Å². The number of carbonyl (C=O) groups is 2. The molecule has 0 spiro atoms. The zero-order valence-electron chi connectivity index (χ0n) is 14.4. The van der Waals surface area contributed by atoms with Crippen molar-refractivity contribution in [3.63, 3.8) is 0 Å². The molecule has 0 aliphatic carbocycles. The van der Waals surface area contributed by atoms with Gasteiger partial charge in [-0.1, -0.05) is 17.7 Å². The molecule has 2 rings (SSSR count). The van der Waals surface area contributed by atoms with Gasteiger partial charge in [0.25, 0.3) is 10.0 Å². The normalized spacial score (nSPS) is 11.2.